The number of aromatic amines is 1. The van der Waals surface area contributed by atoms with Crippen LogP contribution in [0.5, 0.6) is 0 Å². The van der Waals surface area contributed by atoms with Gasteiger partial charge >= 0.3 is 0 Å². The molecule has 9 heteroatoms. The Kier molecular flexibility index (Phi) is 5.78. The van der Waals surface area contributed by atoms with Gasteiger partial charge in [0.05, 0.1) is 34.6 Å². The largest absolute Gasteiger partial charge is 0.387 e. The van der Waals surface area contributed by atoms with E-state index in [9.17, 15) is 9.90 Å². The maximum absolute atomic E-state index is 12.3. The van der Waals surface area contributed by atoms with Crippen molar-refractivity contribution in [2.75, 3.05) is 0 Å². The summed E-state index contributed by atoms with van der Waals surface area (Å²) in [5, 5.41) is 32.7. The van der Waals surface area contributed by atoms with E-state index in [-0.39, 0.29) is 17.6 Å². The Bertz CT molecular complexity index is 1030. The molecule has 0 aliphatic heterocycles. The lowest BCUT2D eigenvalue weighted by atomic mass is 10.1. The van der Waals surface area contributed by atoms with Crippen LogP contribution in [0.1, 0.15) is 41.7 Å². The molecular formula is C19H19ClN6O2. The summed E-state index contributed by atoms with van der Waals surface area (Å²) in [4.78, 5) is 12.3. The molecule has 2 heterocycles. The molecule has 0 radical (unpaired) electrons. The molecule has 3 rings (SSSR count). The number of carbonyl (C=O) groups is 1. The molecule has 0 spiro atoms. The molecule has 28 heavy (non-hydrogen) atoms. The molecule has 0 bridgehead atoms. The minimum absolute atomic E-state index is 0.192. The van der Waals surface area contributed by atoms with Crippen LogP contribution in [0.15, 0.2) is 36.5 Å². The Balaban J connectivity index is 1.63. The van der Waals surface area contributed by atoms with Crippen molar-refractivity contribution in [1.29, 1.82) is 5.26 Å². The van der Waals surface area contributed by atoms with Crippen LogP contribution in [-0.4, -0.2) is 37.0 Å². The summed E-state index contributed by atoms with van der Waals surface area (Å²) in [6.07, 6.45) is 1.07. The van der Waals surface area contributed by atoms with Crippen LogP contribution in [0.2, 0.25) is 5.02 Å². The normalized spacial score (nSPS) is 13.0. The highest BCUT2D eigenvalue weighted by Crippen LogP contribution is 2.24. The lowest BCUT2D eigenvalue weighted by molar-refractivity contribution is 0.0931. The zero-order valence-electron chi connectivity index (χ0n) is 15.3. The van der Waals surface area contributed by atoms with Gasteiger partial charge in [0.15, 0.2) is 0 Å². The predicted molar refractivity (Wildman–Crippen MR) is 104 cm³/mol. The number of carbonyl (C=O) groups excluding carboxylic acids is 1. The van der Waals surface area contributed by atoms with Crippen molar-refractivity contribution in [3.05, 3.63) is 58.5 Å². The van der Waals surface area contributed by atoms with Crippen molar-refractivity contribution in [3.63, 3.8) is 0 Å². The number of nitriles is 1. The van der Waals surface area contributed by atoms with Crippen molar-refractivity contribution in [1.82, 2.24) is 25.3 Å². The van der Waals surface area contributed by atoms with Gasteiger partial charge in [0.2, 0.25) is 0 Å². The van der Waals surface area contributed by atoms with E-state index in [1.165, 1.54) is 6.07 Å². The first-order valence-corrected chi connectivity index (χ1v) is 9.03. The van der Waals surface area contributed by atoms with Gasteiger partial charge in [-0.2, -0.15) is 15.5 Å². The molecular weight excluding hydrogens is 380 g/mol. The average molecular weight is 399 g/mol. The zero-order chi connectivity index (χ0) is 20.3. The SMILES string of the molecule is CC(Cn1ccc(-c2ccc(C#N)c(Cl)c2)n1)NC(=O)c1cc(C(C)O)n[nH]1. The Labute approximate surface area is 166 Å². The Morgan fingerprint density at radius 1 is 1.39 bits per heavy atom. The molecule has 8 nitrogen and oxygen atoms in total. The highest BCUT2D eigenvalue weighted by Gasteiger charge is 2.15. The van der Waals surface area contributed by atoms with Crippen LogP contribution in [0, 0.1) is 11.3 Å². The third-order valence-corrected chi connectivity index (χ3v) is 4.45. The molecule has 0 fully saturated rings. The lowest BCUT2D eigenvalue weighted by Gasteiger charge is -2.13. The molecule has 0 saturated heterocycles. The average Bonchev–Trinajstić information content (AvgIpc) is 3.31. The number of hydrogen-bond donors (Lipinski definition) is 3. The molecule has 2 aromatic heterocycles. The third-order valence-electron chi connectivity index (χ3n) is 4.13. The quantitative estimate of drug-likeness (QED) is 0.589. The minimum atomic E-state index is -0.742. The molecule has 3 aromatic rings. The molecule has 3 N–H and O–H groups in total. The van der Waals surface area contributed by atoms with Gasteiger partial charge in [-0.25, -0.2) is 0 Å². The zero-order valence-corrected chi connectivity index (χ0v) is 16.1. The van der Waals surface area contributed by atoms with Crippen molar-refractivity contribution < 1.29 is 9.90 Å². The summed E-state index contributed by atoms with van der Waals surface area (Å²) in [5.74, 6) is -0.307. The first kappa shape index (κ1) is 19.6. The van der Waals surface area contributed by atoms with Crippen LogP contribution in [-0.2, 0) is 6.54 Å². The molecule has 1 amide bonds. The van der Waals surface area contributed by atoms with E-state index in [1.54, 1.807) is 29.8 Å². The molecule has 2 unspecified atom stereocenters. The second-order valence-electron chi connectivity index (χ2n) is 6.49. The van der Waals surface area contributed by atoms with E-state index in [0.717, 1.165) is 11.3 Å². The van der Waals surface area contributed by atoms with Gasteiger partial charge in [0.1, 0.15) is 11.8 Å². The first-order valence-electron chi connectivity index (χ1n) is 8.65. The number of aliphatic hydroxyl groups excluding tert-OH is 1. The fourth-order valence-electron chi connectivity index (χ4n) is 2.68. The van der Waals surface area contributed by atoms with Crippen LogP contribution in [0.25, 0.3) is 11.3 Å². The van der Waals surface area contributed by atoms with Gasteiger partial charge in [-0.3, -0.25) is 14.6 Å². The third kappa shape index (κ3) is 4.39. The Morgan fingerprint density at radius 2 is 2.18 bits per heavy atom. The van der Waals surface area contributed by atoms with Gasteiger partial charge in [0, 0.05) is 17.8 Å². The van der Waals surface area contributed by atoms with Crippen LogP contribution < -0.4 is 5.32 Å². The summed E-state index contributed by atoms with van der Waals surface area (Å²) in [6, 6.07) is 10.4. The smallest absolute Gasteiger partial charge is 0.269 e. The number of H-pyrrole nitrogens is 1. The maximum Gasteiger partial charge on any atom is 0.269 e. The number of rotatable bonds is 6. The van der Waals surface area contributed by atoms with Crippen molar-refractivity contribution in [2.24, 2.45) is 0 Å². The maximum atomic E-state index is 12.3. The summed E-state index contributed by atoms with van der Waals surface area (Å²) in [6.45, 7) is 3.91. The highest BCUT2D eigenvalue weighted by atomic mass is 35.5. The Hall–Kier alpha value is -3.15. The van der Waals surface area contributed by atoms with E-state index in [2.05, 4.69) is 20.6 Å². The molecule has 0 saturated carbocycles. The second-order valence-corrected chi connectivity index (χ2v) is 6.89. The van der Waals surface area contributed by atoms with Crippen molar-refractivity contribution >= 4 is 17.5 Å². The van der Waals surface area contributed by atoms with E-state index in [1.807, 2.05) is 25.3 Å². The molecule has 144 valence electrons. The number of aliphatic hydroxyl groups is 1. The highest BCUT2D eigenvalue weighted by molar-refractivity contribution is 6.32. The van der Waals surface area contributed by atoms with Crippen molar-refractivity contribution in [2.45, 2.75) is 32.5 Å². The molecule has 0 aliphatic carbocycles. The summed E-state index contributed by atoms with van der Waals surface area (Å²) in [7, 11) is 0. The fourth-order valence-corrected chi connectivity index (χ4v) is 2.90. The van der Waals surface area contributed by atoms with E-state index >= 15 is 0 Å². The summed E-state index contributed by atoms with van der Waals surface area (Å²) in [5.41, 5.74) is 2.65. The van der Waals surface area contributed by atoms with Crippen molar-refractivity contribution in [3.8, 4) is 17.3 Å². The summed E-state index contributed by atoms with van der Waals surface area (Å²) >= 11 is 6.08. The molecule has 2 atom stereocenters. The number of aromatic nitrogens is 4. The Morgan fingerprint density at radius 3 is 2.82 bits per heavy atom. The first-order chi connectivity index (χ1) is 13.4. The molecule has 0 aliphatic rings. The van der Waals surface area contributed by atoms with Crippen LogP contribution in [0.4, 0.5) is 0 Å². The number of amides is 1. The lowest BCUT2D eigenvalue weighted by Crippen LogP contribution is -2.36. The number of halogens is 1. The number of nitrogens with zero attached hydrogens (tertiary/aromatic N) is 4. The monoisotopic (exact) mass is 398 g/mol. The molecule has 1 aromatic carbocycles. The van der Waals surface area contributed by atoms with E-state index < -0.39 is 6.10 Å². The summed E-state index contributed by atoms with van der Waals surface area (Å²) < 4.78 is 1.72. The standard InChI is InChI=1S/C19H19ClN6O2/c1-11(22-19(28)18-8-17(12(2)27)23-24-18)10-26-6-5-16(25-26)13-3-4-14(9-21)15(20)7-13/h3-8,11-12,27H,10H2,1-2H3,(H,22,28)(H,23,24). The van der Waals surface area contributed by atoms with E-state index in [4.69, 9.17) is 16.9 Å². The van der Waals surface area contributed by atoms with Gasteiger partial charge in [0.25, 0.3) is 5.91 Å². The predicted octanol–water partition coefficient (Wildman–Crippen LogP) is 2.67. The van der Waals surface area contributed by atoms with E-state index in [0.29, 0.717) is 22.8 Å². The topological polar surface area (TPSA) is 120 Å². The minimum Gasteiger partial charge on any atom is -0.387 e. The number of hydrogen-bond acceptors (Lipinski definition) is 5. The van der Waals surface area contributed by atoms with Gasteiger partial charge < -0.3 is 10.4 Å². The van der Waals surface area contributed by atoms with Gasteiger partial charge in [-0.1, -0.05) is 17.7 Å². The number of nitrogens with one attached hydrogen (secondary N) is 2. The number of benzene rings is 1. The van der Waals surface area contributed by atoms with Crippen LogP contribution in [0.3, 0.4) is 0 Å². The second kappa shape index (κ2) is 8.25. The van der Waals surface area contributed by atoms with Gasteiger partial charge in [-0.15, -0.1) is 0 Å². The van der Waals surface area contributed by atoms with Gasteiger partial charge in [-0.05, 0) is 38.1 Å². The fraction of sp³-hybridized carbons (Fsp3) is 0.263. The van der Waals surface area contributed by atoms with Crippen LogP contribution >= 0.6 is 11.6 Å².